The number of hydrogen-bond donors (Lipinski definition) is 1. The molecule has 0 radical (unpaired) electrons. The van der Waals surface area contributed by atoms with Crippen LogP contribution in [0.15, 0.2) is 46.4 Å². The van der Waals surface area contributed by atoms with Gasteiger partial charge in [-0.1, -0.05) is 32.9 Å². The molecule has 2 aromatic rings. The van der Waals surface area contributed by atoms with Crippen molar-refractivity contribution in [3.05, 3.63) is 42.4 Å². The van der Waals surface area contributed by atoms with Crippen LogP contribution in [0.1, 0.15) is 26.3 Å². The first kappa shape index (κ1) is 13.6. The van der Waals surface area contributed by atoms with Gasteiger partial charge in [-0.15, -0.1) is 0 Å². The number of benzene rings is 1. The Hall–Kier alpha value is -1.82. The van der Waals surface area contributed by atoms with Gasteiger partial charge in [0.25, 0.3) is 15.1 Å². The Bertz CT molecular complexity index is 655. The molecule has 0 atom stereocenters. The van der Waals surface area contributed by atoms with Gasteiger partial charge in [0.05, 0.1) is 6.20 Å². The summed E-state index contributed by atoms with van der Waals surface area (Å²) in [5, 5.41) is -0.200. The van der Waals surface area contributed by atoms with Crippen LogP contribution in [0.5, 0.6) is 0 Å². The molecule has 0 unspecified atom stereocenters. The summed E-state index contributed by atoms with van der Waals surface area (Å²) in [7, 11) is -3.71. The van der Waals surface area contributed by atoms with Crippen LogP contribution in [-0.4, -0.2) is 13.4 Å². The fourth-order valence-corrected chi connectivity index (χ4v) is 2.50. The van der Waals surface area contributed by atoms with Gasteiger partial charge in [-0.25, -0.2) is 4.98 Å². The maximum absolute atomic E-state index is 12.0. The van der Waals surface area contributed by atoms with E-state index in [0.29, 0.717) is 5.69 Å². The Morgan fingerprint density at radius 2 is 2.00 bits per heavy atom. The van der Waals surface area contributed by atoms with E-state index >= 15 is 0 Å². The van der Waals surface area contributed by atoms with Crippen LogP contribution in [0, 0.1) is 0 Å². The molecule has 1 heterocycles. The number of sulfonamides is 1. The van der Waals surface area contributed by atoms with E-state index in [4.69, 9.17) is 4.42 Å². The molecule has 0 fully saturated rings. The molecule has 102 valence electrons. The smallest absolute Gasteiger partial charge is 0.297 e. The molecule has 0 saturated carbocycles. The summed E-state index contributed by atoms with van der Waals surface area (Å²) >= 11 is 0. The van der Waals surface area contributed by atoms with Gasteiger partial charge in [0.1, 0.15) is 0 Å². The Morgan fingerprint density at radius 3 is 2.58 bits per heavy atom. The highest BCUT2D eigenvalue weighted by Crippen LogP contribution is 2.25. The molecule has 0 aliphatic heterocycles. The van der Waals surface area contributed by atoms with E-state index in [-0.39, 0.29) is 10.5 Å². The molecule has 0 bridgehead atoms. The van der Waals surface area contributed by atoms with Gasteiger partial charge in [-0.2, -0.15) is 8.42 Å². The third kappa shape index (κ3) is 3.14. The molecule has 1 aromatic heterocycles. The van der Waals surface area contributed by atoms with E-state index in [9.17, 15) is 8.42 Å². The summed E-state index contributed by atoms with van der Waals surface area (Å²) in [6.45, 7) is 6.20. The molecule has 0 amide bonds. The summed E-state index contributed by atoms with van der Waals surface area (Å²) in [5.74, 6) is 0. The van der Waals surface area contributed by atoms with Gasteiger partial charge in [0, 0.05) is 5.69 Å². The van der Waals surface area contributed by atoms with Crippen LogP contribution in [0.4, 0.5) is 5.69 Å². The molecule has 6 heteroatoms. The number of aromatic nitrogens is 1. The highest BCUT2D eigenvalue weighted by atomic mass is 32.2. The summed E-state index contributed by atoms with van der Waals surface area (Å²) < 4.78 is 31.2. The molecule has 0 saturated heterocycles. The van der Waals surface area contributed by atoms with Gasteiger partial charge in [0.2, 0.25) is 0 Å². The summed E-state index contributed by atoms with van der Waals surface area (Å²) in [6, 6.07) is 7.29. The van der Waals surface area contributed by atoms with Crippen LogP contribution in [-0.2, 0) is 15.4 Å². The van der Waals surface area contributed by atoms with Crippen molar-refractivity contribution in [1.82, 2.24) is 4.98 Å². The predicted molar refractivity (Wildman–Crippen MR) is 72.5 cm³/mol. The zero-order valence-corrected chi connectivity index (χ0v) is 11.9. The number of nitrogens with one attached hydrogen (secondary N) is 1. The molecule has 0 spiro atoms. The van der Waals surface area contributed by atoms with Crippen molar-refractivity contribution < 1.29 is 12.8 Å². The quantitative estimate of drug-likeness (QED) is 0.938. The fraction of sp³-hybridized carbons (Fsp3) is 0.308. The van der Waals surface area contributed by atoms with E-state index in [0.717, 1.165) is 18.2 Å². The minimum absolute atomic E-state index is 0.0479. The highest BCUT2D eigenvalue weighted by Gasteiger charge is 2.19. The second kappa shape index (κ2) is 4.70. The SMILES string of the molecule is CC(C)(C)c1cccc(NS(=O)(=O)c2cnco2)c1. The first-order valence-corrected chi connectivity index (χ1v) is 7.29. The molecule has 1 N–H and O–H groups in total. The zero-order valence-electron chi connectivity index (χ0n) is 11.0. The van der Waals surface area contributed by atoms with Crippen molar-refractivity contribution in [2.24, 2.45) is 0 Å². The van der Waals surface area contributed by atoms with Gasteiger partial charge in [-0.05, 0) is 23.1 Å². The zero-order chi connectivity index (χ0) is 14.1. The van der Waals surface area contributed by atoms with Crippen molar-refractivity contribution in [3.8, 4) is 0 Å². The Morgan fingerprint density at radius 1 is 1.26 bits per heavy atom. The molecule has 5 nitrogen and oxygen atoms in total. The van der Waals surface area contributed by atoms with E-state index in [1.165, 1.54) is 0 Å². The maximum atomic E-state index is 12.0. The largest absolute Gasteiger partial charge is 0.430 e. The third-order valence-electron chi connectivity index (χ3n) is 2.66. The lowest BCUT2D eigenvalue weighted by Crippen LogP contribution is -2.14. The van der Waals surface area contributed by atoms with Crippen LogP contribution >= 0.6 is 0 Å². The van der Waals surface area contributed by atoms with Crippen molar-refractivity contribution in [2.45, 2.75) is 31.3 Å². The second-order valence-corrected chi connectivity index (χ2v) is 6.87. The van der Waals surface area contributed by atoms with Crippen LogP contribution < -0.4 is 4.72 Å². The van der Waals surface area contributed by atoms with Crippen LogP contribution in [0.2, 0.25) is 0 Å². The lowest BCUT2D eigenvalue weighted by atomic mass is 9.87. The van der Waals surface area contributed by atoms with E-state index in [2.05, 4.69) is 30.5 Å². The van der Waals surface area contributed by atoms with Crippen LogP contribution in [0.25, 0.3) is 0 Å². The lowest BCUT2D eigenvalue weighted by Gasteiger charge is -2.19. The van der Waals surface area contributed by atoms with Crippen molar-refractivity contribution >= 4 is 15.7 Å². The average Bonchev–Trinajstić information content (AvgIpc) is 2.81. The minimum atomic E-state index is -3.71. The normalized spacial score (nSPS) is 12.4. The monoisotopic (exact) mass is 280 g/mol. The number of oxazole rings is 1. The molecule has 0 aliphatic carbocycles. The second-order valence-electron chi connectivity index (χ2n) is 5.26. The lowest BCUT2D eigenvalue weighted by molar-refractivity contribution is 0.448. The average molecular weight is 280 g/mol. The predicted octanol–water partition coefficient (Wildman–Crippen LogP) is 2.77. The third-order valence-corrected chi connectivity index (χ3v) is 3.89. The summed E-state index contributed by atoms with van der Waals surface area (Å²) in [6.07, 6.45) is 2.25. The summed E-state index contributed by atoms with van der Waals surface area (Å²) in [4.78, 5) is 3.60. The number of hydrogen-bond acceptors (Lipinski definition) is 4. The number of anilines is 1. The Balaban J connectivity index is 2.30. The molecular formula is C13H16N2O3S. The topological polar surface area (TPSA) is 72.2 Å². The van der Waals surface area contributed by atoms with E-state index < -0.39 is 10.0 Å². The Kier molecular flexibility index (Phi) is 3.36. The number of nitrogens with zero attached hydrogens (tertiary/aromatic N) is 1. The molecular weight excluding hydrogens is 264 g/mol. The van der Waals surface area contributed by atoms with Crippen molar-refractivity contribution in [3.63, 3.8) is 0 Å². The van der Waals surface area contributed by atoms with Gasteiger partial charge in [0.15, 0.2) is 6.39 Å². The molecule has 19 heavy (non-hydrogen) atoms. The maximum Gasteiger partial charge on any atom is 0.297 e. The van der Waals surface area contributed by atoms with E-state index in [1.54, 1.807) is 6.07 Å². The fourth-order valence-electron chi connectivity index (χ4n) is 1.59. The van der Waals surface area contributed by atoms with Crippen LogP contribution in [0.3, 0.4) is 0 Å². The van der Waals surface area contributed by atoms with Crippen molar-refractivity contribution in [2.75, 3.05) is 4.72 Å². The van der Waals surface area contributed by atoms with Gasteiger partial charge in [-0.3, -0.25) is 4.72 Å². The standard InChI is InChI=1S/C13H16N2O3S/c1-13(2,3)10-5-4-6-11(7-10)15-19(16,17)12-8-14-9-18-12/h4-9,15H,1-3H3. The van der Waals surface area contributed by atoms with Gasteiger partial charge < -0.3 is 4.42 Å². The first-order chi connectivity index (χ1) is 8.79. The highest BCUT2D eigenvalue weighted by molar-refractivity contribution is 7.92. The Labute approximate surface area is 112 Å². The van der Waals surface area contributed by atoms with Crippen molar-refractivity contribution in [1.29, 1.82) is 0 Å². The van der Waals surface area contributed by atoms with E-state index in [1.807, 2.05) is 18.2 Å². The minimum Gasteiger partial charge on any atom is -0.430 e. The first-order valence-electron chi connectivity index (χ1n) is 5.81. The molecule has 2 rings (SSSR count). The summed E-state index contributed by atoms with van der Waals surface area (Å²) in [5.41, 5.74) is 1.50. The molecule has 0 aliphatic rings. The van der Waals surface area contributed by atoms with Gasteiger partial charge >= 0.3 is 0 Å². The number of rotatable bonds is 3. The molecule has 1 aromatic carbocycles.